The predicted molar refractivity (Wildman–Crippen MR) is 57.5 cm³/mol. The number of likely N-dealkylation sites (N-methyl/N-ethyl adjacent to an activating group) is 1. The Morgan fingerprint density at radius 3 is 2.50 bits per heavy atom. The average molecular weight is 219 g/mol. The summed E-state index contributed by atoms with van der Waals surface area (Å²) in [6, 6.07) is 0. The predicted octanol–water partition coefficient (Wildman–Crippen LogP) is 1.06. The molecule has 0 atom stereocenters. The third kappa shape index (κ3) is 6.77. The molecule has 0 aromatic rings. The van der Waals surface area contributed by atoms with Crippen LogP contribution in [0.15, 0.2) is 0 Å². The zero-order valence-corrected chi connectivity index (χ0v) is 9.47. The minimum atomic E-state index is -0.968. The van der Waals surface area contributed by atoms with Gasteiger partial charge >= 0.3 is 5.97 Å². The maximum absolute atomic E-state index is 11.3. The molecule has 0 radical (unpaired) electrons. The molecule has 14 heavy (non-hydrogen) atoms. The Morgan fingerprint density at radius 1 is 1.36 bits per heavy atom. The van der Waals surface area contributed by atoms with E-state index in [2.05, 4.69) is 0 Å². The molecule has 1 N–H and O–H groups in total. The van der Waals surface area contributed by atoms with Crippen LogP contribution in [0.4, 0.5) is 0 Å². The molecule has 0 heterocycles. The minimum Gasteiger partial charge on any atom is -0.480 e. The van der Waals surface area contributed by atoms with Crippen molar-refractivity contribution < 1.29 is 14.7 Å². The van der Waals surface area contributed by atoms with E-state index in [1.807, 2.05) is 6.26 Å². The highest BCUT2D eigenvalue weighted by molar-refractivity contribution is 7.98. The van der Waals surface area contributed by atoms with Gasteiger partial charge < -0.3 is 10.0 Å². The first-order valence-corrected chi connectivity index (χ1v) is 5.92. The number of carbonyl (C=O) groups excluding carboxylic acids is 1. The maximum Gasteiger partial charge on any atom is 0.323 e. The first-order chi connectivity index (χ1) is 6.57. The fourth-order valence-corrected chi connectivity index (χ4v) is 1.50. The van der Waals surface area contributed by atoms with Crippen molar-refractivity contribution in [3.63, 3.8) is 0 Å². The zero-order valence-electron chi connectivity index (χ0n) is 8.65. The Labute approximate surface area is 88.7 Å². The molecule has 0 aromatic heterocycles. The van der Waals surface area contributed by atoms with Gasteiger partial charge in [-0.3, -0.25) is 9.59 Å². The van der Waals surface area contributed by atoms with Crippen LogP contribution in [0.1, 0.15) is 19.3 Å². The number of hydrogen-bond donors (Lipinski definition) is 1. The number of rotatable bonds is 7. The molecule has 0 bridgehead atoms. The number of nitrogens with zero attached hydrogens (tertiary/aromatic N) is 1. The van der Waals surface area contributed by atoms with Gasteiger partial charge in [-0.1, -0.05) is 0 Å². The van der Waals surface area contributed by atoms with E-state index in [-0.39, 0.29) is 12.5 Å². The van der Waals surface area contributed by atoms with Gasteiger partial charge in [0, 0.05) is 13.5 Å². The van der Waals surface area contributed by atoms with Crippen LogP contribution < -0.4 is 0 Å². The van der Waals surface area contributed by atoms with Crippen molar-refractivity contribution in [2.45, 2.75) is 19.3 Å². The van der Waals surface area contributed by atoms with E-state index in [0.717, 1.165) is 18.6 Å². The van der Waals surface area contributed by atoms with E-state index in [1.165, 1.54) is 11.9 Å². The fourth-order valence-electron chi connectivity index (χ4n) is 1.00. The van der Waals surface area contributed by atoms with E-state index in [4.69, 9.17) is 5.11 Å². The lowest BCUT2D eigenvalue weighted by molar-refractivity contribution is -0.143. The summed E-state index contributed by atoms with van der Waals surface area (Å²) in [4.78, 5) is 22.8. The van der Waals surface area contributed by atoms with E-state index < -0.39 is 5.97 Å². The summed E-state index contributed by atoms with van der Waals surface area (Å²) >= 11 is 1.75. The molecule has 0 aliphatic heterocycles. The van der Waals surface area contributed by atoms with Crippen molar-refractivity contribution in [1.82, 2.24) is 4.90 Å². The molecule has 4 nitrogen and oxygen atoms in total. The largest absolute Gasteiger partial charge is 0.480 e. The number of carboxylic acids is 1. The molecule has 0 fully saturated rings. The highest BCUT2D eigenvalue weighted by atomic mass is 32.2. The van der Waals surface area contributed by atoms with Crippen LogP contribution in [0.2, 0.25) is 0 Å². The summed E-state index contributed by atoms with van der Waals surface area (Å²) in [5, 5.41) is 8.45. The number of unbranched alkanes of at least 4 members (excludes halogenated alkanes) is 1. The third-order valence-corrected chi connectivity index (χ3v) is 2.48. The van der Waals surface area contributed by atoms with Crippen LogP contribution in [-0.2, 0) is 9.59 Å². The van der Waals surface area contributed by atoms with Crippen molar-refractivity contribution in [3.8, 4) is 0 Å². The van der Waals surface area contributed by atoms with Gasteiger partial charge in [0.25, 0.3) is 0 Å². The Bertz CT molecular complexity index is 196. The first-order valence-electron chi connectivity index (χ1n) is 4.52. The number of hydrogen-bond acceptors (Lipinski definition) is 3. The van der Waals surface area contributed by atoms with Crippen molar-refractivity contribution in [2.24, 2.45) is 0 Å². The van der Waals surface area contributed by atoms with Crippen LogP contribution in [-0.4, -0.2) is 47.5 Å². The second kappa shape index (κ2) is 7.67. The van der Waals surface area contributed by atoms with Crippen LogP contribution >= 0.6 is 11.8 Å². The summed E-state index contributed by atoms with van der Waals surface area (Å²) in [5.74, 6) is -0.00546. The zero-order chi connectivity index (χ0) is 11.0. The van der Waals surface area contributed by atoms with E-state index in [9.17, 15) is 9.59 Å². The number of amides is 1. The van der Waals surface area contributed by atoms with Crippen LogP contribution in [0.5, 0.6) is 0 Å². The standard InChI is InChI=1S/C9H17NO3S/c1-10(7-9(12)13)8(11)5-3-4-6-14-2/h3-7H2,1-2H3,(H,12,13). The summed E-state index contributed by atoms with van der Waals surface area (Å²) in [6.07, 6.45) is 4.32. The van der Waals surface area contributed by atoms with Crippen LogP contribution in [0.25, 0.3) is 0 Å². The Morgan fingerprint density at radius 2 is 2.00 bits per heavy atom. The lowest BCUT2D eigenvalue weighted by atomic mass is 10.2. The number of carbonyl (C=O) groups is 2. The van der Waals surface area contributed by atoms with Gasteiger partial charge in [0.2, 0.25) is 5.91 Å². The summed E-state index contributed by atoms with van der Waals surface area (Å²) in [7, 11) is 1.52. The molecule has 0 saturated carbocycles. The van der Waals surface area contributed by atoms with Crippen LogP contribution in [0.3, 0.4) is 0 Å². The Balaban J connectivity index is 3.57. The van der Waals surface area contributed by atoms with E-state index in [1.54, 1.807) is 11.8 Å². The number of thioether (sulfide) groups is 1. The lowest BCUT2D eigenvalue weighted by Gasteiger charge is -2.13. The first kappa shape index (κ1) is 13.3. The highest BCUT2D eigenvalue weighted by Gasteiger charge is 2.10. The lowest BCUT2D eigenvalue weighted by Crippen LogP contribution is -2.31. The van der Waals surface area contributed by atoms with E-state index in [0.29, 0.717) is 6.42 Å². The molecule has 0 rings (SSSR count). The monoisotopic (exact) mass is 219 g/mol. The van der Waals surface area contributed by atoms with Crippen molar-refractivity contribution in [2.75, 3.05) is 25.6 Å². The van der Waals surface area contributed by atoms with Gasteiger partial charge in [0.1, 0.15) is 6.54 Å². The topological polar surface area (TPSA) is 57.6 Å². The van der Waals surface area contributed by atoms with Gasteiger partial charge in [-0.2, -0.15) is 11.8 Å². The highest BCUT2D eigenvalue weighted by Crippen LogP contribution is 2.03. The van der Waals surface area contributed by atoms with Gasteiger partial charge in [0.15, 0.2) is 0 Å². The number of aliphatic carboxylic acids is 1. The normalized spacial score (nSPS) is 9.86. The van der Waals surface area contributed by atoms with Gasteiger partial charge in [0.05, 0.1) is 0 Å². The Kier molecular flexibility index (Phi) is 7.28. The molecule has 1 amide bonds. The third-order valence-electron chi connectivity index (χ3n) is 1.79. The molecule has 82 valence electrons. The molecule has 0 aliphatic carbocycles. The molecule has 0 aliphatic rings. The molecule has 0 aromatic carbocycles. The van der Waals surface area contributed by atoms with Gasteiger partial charge in [-0.15, -0.1) is 0 Å². The van der Waals surface area contributed by atoms with Crippen molar-refractivity contribution in [1.29, 1.82) is 0 Å². The maximum atomic E-state index is 11.3. The quantitative estimate of drug-likeness (QED) is 0.651. The molecule has 0 saturated heterocycles. The molecular formula is C9H17NO3S. The molecule has 0 spiro atoms. The summed E-state index contributed by atoms with van der Waals surface area (Å²) < 4.78 is 0. The van der Waals surface area contributed by atoms with Crippen LogP contribution in [0, 0.1) is 0 Å². The summed E-state index contributed by atoms with van der Waals surface area (Å²) in [5.41, 5.74) is 0. The van der Waals surface area contributed by atoms with Crippen molar-refractivity contribution in [3.05, 3.63) is 0 Å². The second-order valence-corrected chi connectivity index (χ2v) is 4.08. The van der Waals surface area contributed by atoms with Gasteiger partial charge in [-0.05, 0) is 24.9 Å². The Hall–Kier alpha value is -0.710. The SMILES string of the molecule is CSCCCCC(=O)N(C)CC(=O)O. The molecule has 0 unspecified atom stereocenters. The summed E-state index contributed by atoms with van der Waals surface area (Å²) in [6.45, 7) is -0.207. The average Bonchev–Trinajstić information content (AvgIpc) is 2.11. The van der Waals surface area contributed by atoms with Gasteiger partial charge in [-0.25, -0.2) is 0 Å². The smallest absolute Gasteiger partial charge is 0.323 e. The number of carboxylic acid groups (broad SMARTS) is 1. The molecule has 5 heteroatoms. The fraction of sp³-hybridized carbons (Fsp3) is 0.778. The second-order valence-electron chi connectivity index (χ2n) is 3.09. The molecular weight excluding hydrogens is 202 g/mol. The van der Waals surface area contributed by atoms with Crippen molar-refractivity contribution >= 4 is 23.6 Å². The van der Waals surface area contributed by atoms with E-state index >= 15 is 0 Å². The minimum absolute atomic E-state index is 0.0893.